The minimum atomic E-state index is -1.77. The second-order valence-corrected chi connectivity index (χ2v) is 5.87. The Hall–Kier alpha value is -0.385. The maximum absolute atomic E-state index is 14.2. The van der Waals surface area contributed by atoms with Crippen molar-refractivity contribution >= 4 is 28.5 Å². The summed E-state index contributed by atoms with van der Waals surface area (Å²) in [5.41, 5.74) is 0.538. The van der Waals surface area contributed by atoms with Crippen molar-refractivity contribution in [2.45, 2.75) is 38.5 Å². The highest BCUT2D eigenvalue weighted by atomic mass is 79.9. The molecule has 0 bridgehead atoms. The normalized spacial score (nSPS) is 16.9. The van der Waals surface area contributed by atoms with Crippen molar-refractivity contribution in [2.75, 3.05) is 0 Å². The first kappa shape index (κ1) is 14.0. The Kier molecular flexibility index (Phi) is 4.81. The van der Waals surface area contributed by atoms with Crippen LogP contribution in [0.1, 0.15) is 37.7 Å². The molecule has 0 unspecified atom stereocenters. The van der Waals surface area contributed by atoms with Crippen molar-refractivity contribution in [2.24, 2.45) is 5.92 Å². The number of benzene rings is 1. The second kappa shape index (κ2) is 6.17. The van der Waals surface area contributed by atoms with Crippen LogP contribution in [0.2, 0.25) is 0 Å². The van der Waals surface area contributed by atoms with Gasteiger partial charge in [0, 0.05) is 9.94 Å². The van der Waals surface area contributed by atoms with E-state index in [-0.39, 0.29) is 5.46 Å². The molecule has 0 saturated heterocycles. The predicted molar refractivity (Wildman–Crippen MR) is 74.2 cm³/mol. The lowest BCUT2D eigenvalue weighted by Crippen LogP contribution is -2.35. The van der Waals surface area contributed by atoms with E-state index < -0.39 is 12.9 Å². The lowest BCUT2D eigenvalue weighted by molar-refractivity contribution is 0.353. The fraction of sp³-hybridized carbons (Fsp3) is 0.538. The van der Waals surface area contributed by atoms with Crippen LogP contribution in [0.3, 0.4) is 0 Å². The Balaban J connectivity index is 2.20. The molecule has 0 amide bonds. The molecule has 0 atom stereocenters. The van der Waals surface area contributed by atoms with E-state index in [1.165, 1.54) is 19.3 Å². The van der Waals surface area contributed by atoms with Gasteiger partial charge in [0.1, 0.15) is 5.82 Å². The third-order valence-corrected chi connectivity index (χ3v) is 4.39. The Bertz CT molecular complexity index is 420. The van der Waals surface area contributed by atoms with Crippen LogP contribution in [0.4, 0.5) is 4.39 Å². The molecule has 98 valence electrons. The molecule has 18 heavy (non-hydrogen) atoms. The molecular weight excluding hydrogens is 298 g/mol. The largest absolute Gasteiger partial charge is 0.492 e. The van der Waals surface area contributed by atoms with Crippen LogP contribution in [0.5, 0.6) is 0 Å². The van der Waals surface area contributed by atoms with E-state index in [2.05, 4.69) is 15.9 Å². The molecule has 2 nitrogen and oxygen atoms in total. The van der Waals surface area contributed by atoms with Gasteiger partial charge in [0.15, 0.2) is 0 Å². The molecule has 1 fully saturated rings. The lowest BCUT2D eigenvalue weighted by Gasteiger charge is -2.22. The molecule has 1 aliphatic rings. The quantitative estimate of drug-likeness (QED) is 0.841. The minimum Gasteiger partial charge on any atom is -0.423 e. The first-order valence-corrected chi connectivity index (χ1v) is 7.22. The summed E-state index contributed by atoms with van der Waals surface area (Å²) < 4.78 is 14.6. The molecule has 2 rings (SSSR count). The summed E-state index contributed by atoms with van der Waals surface area (Å²) >= 11 is 3.15. The molecule has 1 aliphatic carbocycles. The Labute approximate surface area is 115 Å². The highest BCUT2D eigenvalue weighted by Gasteiger charge is 2.24. The predicted octanol–water partition coefficient (Wildman–Crippen LogP) is 2.39. The first-order chi connectivity index (χ1) is 8.59. The van der Waals surface area contributed by atoms with Gasteiger partial charge in [-0.3, -0.25) is 0 Å². The molecule has 0 radical (unpaired) electrons. The summed E-state index contributed by atoms with van der Waals surface area (Å²) in [6.07, 6.45) is 6.70. The standard InChI is InChI=1S/C13H17BBrFO2/c15-11-7-6-10(13(16)12(11)14(17)18)8-9-4-2-1-3-5-9/h6-7,9,17-18H,1-5,8H2. The molecular formula is C13H17BBrFO2. The van der Waals surface area contributed by atoms with Gasteiger partial charge in [-0.05, 0) is 24.0 Å². The van der Waals surface area contributed by atoms with Gasteiger partial charge in [-0.25, -0.2) is 4.39 Å². The van der Waals surface area contributed by atoms with Gasteiger partial charge in [-0.1, -0.05) is 54.1 Å². The molecule has 1 saturated carbocycles. The van der Waals surface area contributed by atoms with Crippen LogP contribution in [0, 0.1) is 11.7 Å². The number of hydrogen-bond donors (Lipinski definition) is 2. The summed E-state index contributed by atoms with van der Waals surface area (Å²) in [5.74, 6) is 0.0445. The molecule has 0 aliphatic heterocycles. The second-order valence-electron chi connectivity index (χ2n) is 5.02. The fourth-order valence-electron chi connectivity index (χ4n) is 2.71. The third kappa shape index (κ3) is 3.14. The molecule has 0 aromatic heterocycles. The highest BCUT2D eigenvalue weighted by molar-refractivity contribution is 9.10. The zero-order valence-electron chi connectivity index (χ0n) is 10.2. The van der Waals surface area contributed by atoms with Gasteiger partial charge in [0.25, 0.3) is 0 Å². The van der Waals surface area contributed by atoms with Gasteiger partial charge in [0.05, 0.1) is 0 Å². The van der Waals surface area contributed by atoms with Gasteiger partial charge < -0.3 is 10.0 Å². The Morgan fingerprint density at radius 3 is 2.50 bits per heavy atom. The van der Waals surface area contributed by atoms with Crippen LogP contribution in [0.15, 0.2) is 16.6 Å². The van der Waals surface area contributed by atoms with Crippen molar-refractivity contribution in [1.29, 1.82) is 0 Å². The third-order valence-electron chi connectivity index (χ3n) is 3.70. The van der Waals surface area contributed by atoms with Crippen molar-refractivity contribution < 1.29 is 14.4 Å². The SMILES string of the molecule is OB(O)c1c(Br)ccc(CC2CCCCC2)c1F. The summed E-state index contributed by atoms with van der Waals surface area (Å²) in [7, 11) is -1.77. The zero-order valence-corrected chi connectivity index (χ0v) is 11.8. The van der Waals surface area contributed by atoms with Gasteiger partial charge in [-0.15, -0.1) is 0 Å². The van der Waals surface area contributed by atoms with Crippen molar-refractivity contribution in [1.82, 2.24) is 0 Å². The topological polar surface area (TPSA) is 40.5 Å². The first-order valence-electron chi connectivity index (χ1n) is 6.42. The van der Waals surface area contributed by atoms with Crippen molar-refractivity contribution in [3.05, 3.63) is 28.0 Å². The summed E-state index contributed by atoms with van der Waals surface area (Å²) in [6, 6.07) is 3.43. The number of halogens is 2. The smallest absolute Gasteiger partial charge is 0.423 e. The van der Waals surface area contributed by atoms with E-state index in [0.717, 1.165) is 12.8 Å². The molecule has 1 aromatic carbocycles. The number of hydrogen-bond acceptors (Lipinski definition) is 2. The van der Waals surface area contributed by atoms with Gasteiger partial charge in [-0.2, -0.15) is 0 Å². The van der Waals surface area contributed by atoms with Crippen LogP contribution in [-0.4, -0.2) is 17.2 Å². The maximum Gasteiger partial charge on any atom is 0.492 e. The Morgan fingerprint density at radius 1 is 1.22 bits per heavy atom. The molecule has 0 spiro atoms. The summed E-state index contributed by atoms with van der Waals surface area (Å²) in [5, 5.41) is 18.4. The van der Waals surface area contributed by atoms with Gasteiger partial charge >= 0.3 is 7.12 Å². The molecule has 0 heterocycles. The molecule has 5 heteroatoms. The zero-order chi connectivity index (χ0) is 13.1. The summed E-state index contributed by atoms with van der Waals surface area (Å²) in [4.78, 5) is 0. The average molecular weight is 315 g/mol. The fourth-order valence-corrected chi connectivity index (χ4v) is 3.22. The van der Waals surface area contributed by atoms with Crippen molar-refractivity contribution in [3.63, 3.8) is 0 Å². The van der Waals surface area contributed by atoms with E-state index >= 15 is 0 Å². The summed E-state index contributed by atoms with van der Waals surface area (Å²) in [6.45, 7) is 0. The van der Waals surface area contributed by atoms with E-state index in [9.17, 15) is 14.4 Å². The van der Waals surface area contributed by atoms with E-state index in [0.29, 0.717) is 22.4 Å². The van der Waals surface area contributed by atoms with Crippen molar-refractivity contribution in [3.8, 4) is 0 Å². The van der Waals surface area contributed by atoms with Crippen LogP contribution in [-0.2, 0) is 6.42 Å². The van der Waals surface area contributed by atoms with Gasteiger partial charge in [0.2, 0.25) is 0 Å². The van der Waals surface area contributed by atoms with Crippen LogP contribution >= 0.6 is 15.9 Å². The lowest BCUT2D eigenvalue weighted by atomic mass is 9.77. The highest BCUT2D eigenvalue weighted by Crippen LogP contribution is 2.28. The number of rotatable bonds is 3. The van der Waals surface area contributed by atoms with E-state index in [1.807, 2.05) is 0 Å². The monoisotopic (exact) mass is 314 g/mol. The van der Waals surface area contributed by atoms with Crippen LogP contribution in [0.25, 0.3) is 0 Å². The average Bonchev–Trinajstić information content (AvgIpc) is 2.34. The molecule has 2 N–H and O–H groups in total. The van der Waals surface area contributed by atoms with E-state index in [4.69, 9.17) is 0 Å². The Morgan fingerprint density at radius 2 is 1.89 bits per heavy atom. The van der Waals surface area contributed by atoms with Crippen LogP contribution < -0.4 is 5.46 Å². The minimum absolute atomic E-state index is 0.0525. The molecule has 1 aromatic rings. The van der Waals surface area contributed by atoms with E-state index in [1.54, 1.807) is 12.1 Å². The maximum atomic E-state index is 14.2.